The van der Waals surface area contributed by atoms with Crippen LogP contribution in [0.15, 0.2) is 30.3 Å². The number of benzene rings is 1. The number of nitrogens with one attached hydrogen (secondary N) is 2. The Morgan fingerprint density at radius 2 is 1.92 bits per heavy atom. The van der Waals surface area contributed by atoms with E-state index in [4.69, 9.17) is 4.74 Å². The Labute approximate surface area is 147 Å². The molecule has 0 radical (unpaired) electrons. The number of morpholine rings is 1. The van der Waals surface area contributed by atoms with Crippen LogP contribution in [0, 0.1) is 11.8 Å². The molecule has 4 rings (SSSR count). The van der Waals surface area contributed by atoms with E-state index in [9.17, 15) is 9.59 Å². The van der Waals surface area contributed by atoms with Crippen molar-refractivity contribution in [2.75, 3.05) is 19.6 Å². The molecule has 0 unspecified atom stereocenters. The molecule has 2 N–H and O–H groups in total. The zero-order valence-corrected chi connectivity index (χ0v) is 14.3. The lowest BCUT2D eigenvalue weighted by Gasteiger charge is -2.32. The monoisotopic (exact) mass is 343 g/mol. The Morgan fingerprint density at radius 1 is 1.12 bits per heavy atom. The van der Waals surface area contributed by atoms with E-state index in [0.29, 0.717) is 32.0 Å². The van der Waals surface area contributed by atoms with Crippen LogP contribution in [0.25, 0.3) is 0 Å². The van der Waals surface area contributed by atoms with Gasteiger partial charge < -0.3 is 20.3 Å². The molecule has 6 nitrogen and oxygen atoms in total. The fraction of sp³-hybridized carbons (Fsp3) is 0.579. The van der Waals surface area contributed by atoms with E-state index in [-0.39, 0.29) is 30.1 Å². The van der Waals surface area contributed by atoms with Gasteiger partial charge in [0.15, 0.2) is 0 Å². The summed E-state index contributed by atoms with van der Waals surface area (Å²) < 4.78 is 5.91. The molecular weight excluding hydrogens is 318 g/mol. The van der Waals surface area contributed by atoms with Gasteiger partial charge in [-0.2, -0.15) is 0 Å². The van der Waals surface area contributed by atoms with Crippen molar-refractivity contribution >= 4 is 11.9 Å². The van der Waals surface area contributed by atoms with Crippen LogP contribution in [0.1, 0.15) is 24.8 Å². The molecule has 1 aromatic rings. The molecule has 2 bridgehead atoms. The third kappa shape index (κ3) is 3.95. The minimum absolute atomic E-state index is 0.0297. The maximum absolute atomic E-state index is 12.4. The van der Waals surface area contributed by atoms with E-state index >= 15 is 0 Å². The Morgan fingerprint density at radius 3 is 2.68 bits per heavy atom. The third-order valence-corrected chi connectivity index (χ3v) is 5.33. The highest BCUT2D eigenvalue weighted by molar-refractivity contribution is 5.80. The number of rotatable bonds is 5. The third-order valence-electron chi connectivity index (χ3n) is 5.33. The molecule has 0 spiro atoms. The first kappa shape index (κ1) is 16.4. The predicted octanol–water partition coefficient (Wildman–Crippen LogP) is 1.51. The fourth-order valence-corrected chi connectivity index (χ4v) is 3.68. The summed E-state index contributed by atoms with van der Waals surface area (Å²) in [6, 6.07) is 9.77. The van der Waals surface area contributed by atoms with Gasteiger partial charge in [-0.25, -0.2) is 4.79 Å². The lowest BCUT2D eigenvalue weighted by atomic mass is 9.99. The minimum Gasteiger partial charge on any atom is -0.370 e. The molecule has 1 saturated carbocycles. The van der Waals surface area contributed by atoms with E-state index in [0.717, 1.165) is 12.1 Å². The van der Waals surface area contributed by atoms with Gasteiger partial charge in [0.2, 0.25) is 5.91 Å². The summed E-state index contributed by atoms with van der Waals surface area (Å²) in [5.74, 6) is 0.632. The summed E-state index contributed by atoms with van der Waals surface area (Å²) in [5, 5.41) is 6.01. The molecule has 6 heteroatoms. The maximum atomic E-state index is 12.4. The van der Waals surface area contributed by atoms with Gasteiger partial charge in [-0.1, -0.05) is 30.3 Å². The molecule has 2 aliphatic heterocycles. The lowest BCUT2D eigenvalue weighted by Crippen LogP contribution is -2.51. The standard InChI is InChI=1S/C19H25N3O3/c23-18(20-9-14-6-7-14)16-8-15-11-22(12-17(16)25-15)19(24)21-10-13-4-2-1-3-5-13/h1-5,14-17H,6-12H2,(H,20,23)(H,21,24)/t15-,16+,17-/m0/s1. The average molecular weight is 343 g/mol. The smallest absolute Gasteiger partial charge is 0.317 e. The molecule has 3 aliphatic rings. The second-order valence-corrected chi connectivity index (χ2v) is 7.38. The van der Waals surface area contributed by atoms with Gasteiger partial charge in [-0.3, -0.25) is 4.79 Å². The van der Waals surface area contributed by atoms with E-state index in [1.807, 2.05) is 30.3 Å². The summed E-state index contributed by atoms with van der Waals surface area (Å²) in [6.07, 6.45) is 2.95. The number of urea groups is 1. The molecular formula is C19H25N3O3. The fourth-order valence-electron chi connectivity index (χ4n) is 3.68. The largest absolute Gasteiger partial charge is 0.370 e. The van der Waals surface area contributed by atoms with Gasteiger partial charge in [0.05, 0.1) is 18.1 Å². The Bertz CT molecular complexity index is 632. The van der Waals surface area contributed by atoms with Crippen molar-refractivity contribution in [1.82, 2.24) is 15.5 Å². The summed E-state index contributed by atoms with van der Waals surface area (Å²) in [4.78, 5) is 26.6. The summed E-state index contributed by atoms with van der Waals surface area (Å²) >= 11 is 0. The number of nitrogens with zero attached hydrogens (tertiary/aromatic N) is 1. The first-order chi connectivity index (χ1) is 12.2. The molecule has 3 fully saturated rings. The number of carbonyl (C=O) groups excluding carboxylic acids is 2. The van der Waals surface area contributed by atoms with Gasteiger partial charge in [0, 0.05) is 26.2 Å². The van der Waals surface area contributed by atoms with Crippen molar-refractivity contribution < 1.29 is 14.3 Å². The number of amides is 3. The van der Waals surface area contributed by atoms with Crippen molar-refractivity contribution in [2.45, 2.75) is 38.0 Å². The van der Waals surface area contributed by atoms with Gasteiger partial charge in [0.25, 0.3) is 0 Å². The van der Waals surface area contributed by atoms with Crippen molar-refractivity contribution in [3.63, 3.8) is 0 Å². The Hall–Kier alpha value is -2.08. The van der Waals surface area contributed by atoms with Crippen LogP contribution in [0.3, 0.4) is 0 Å². The lowest BCUT2D eigenvalue weighted by molar-refractivity contribution is -0.127. The van der Waals surface area contributed by atoms with E-state index < -0.39 is 0 Å². The molecule has 3 amide bonds. The predicted molar refractivity (Wildman–Crippen MR) is 92.8 cm³/mol. The van der Waals surface area contributed by atoms with Crippen LogP contribution in [0.4, 0.5) is 4.79 Å². The minimum atomic E-state index is -0.180. The summed E-state index contributed by atoms with van der Waals surface area (Å²) in [7, 11) is 0. The molecule has 1 aromatic carbocycles. The molecule has 2 saturated heterocycles. The molecule has 3 atom stereocenters. The highest BCUT2D eigenvalue weighted by Crippen LogP contribution is 2.33. The first-order valence-electron chi connectivity index (χ1n) is 9.19. The van der Waals surface area contributed by atoms with Gasteiger partial charge in [0.1, 0.15) is 0 Å². The highest BCUT2D eigenvalue weighted by atomic mass is 16.5. The Balaban J connectivity index is 1.28. The van der Waals surface area contributed by atoms with Crippen LogP contribution >= 0.6 is 0 Å². The average Bonchev–Trinajstić information content (AvgIpc) is 3.42. The Kier molecular flexibility index (Phi) is 4.61. The summed E-state index contributed by atoms with van der Waals surface area (Å²) in [6.45, 7) is 2.34. The molecule has 0 aromatic heterocycles. The van der Waals surface area contributed by atoms with Crippen molar-refractivity contribution in [3.05, 3.63) is 35.9 Å². The van der Waals surface area contributed by atoms with Crippen LogP contribution in [0.5, 0.6) is 0 Å². The number of hydrogen-bond acceptors (Lipinski definition) is 3. The number of likely N-dealkylation sites (tertiary alicyclic amines) is 1. The quantitative estimate of drug-likeness (QED) is 0.851. The number of ether oxygens (including phenoxy) is 1. The van der Waals surface area contributed by atoms with E-state index in [1.165, 1.54) is 12.8 Å². The first-order valence-corrected chi connectivity index (χ1v) is 9.19. The van der Waals surface area contributed by atoms with Crippen LogP contribution in [-0.2, 0) is 16.1 Å². The number of carbonyl (C=O) groups is 2. The van der Waals surface area contributed by atoms with Crippen LogP contribution in [-0.4, -0.2) is 48.7 Å². The highest BCUT2D eigenvalue weighted by Gasteiger charge is 2.45. The zero-order valence-electron chi connectivity index (χ0n) is 14.3. The van der Waals surface area contributed by atoms with Gasteiger partial charge in [-0.15, -0.1) is 0 Å². The zero-order chi connectivity index (χ0) is 17.2. The molecule has 2 heterocycles. The second-order valence-electron chi connectivity index (χ2n) is 7.38. The molecule has 1 aliphatic carbocycles. The van der Waals surface area contributed by atoms with Crippen molar-refractivity contribution in [2.24, 2.45) is 11.8 Å². The maximum Gasteiger partial charge on any atom is 0.317 e. The van der Waals surface area contributed by atoms with Crippen molar-refractivity contribution in [3.8, 4) is 0 Å². The van der Waals surface area contributed by atoms with Crippen LogP contribution < -0.4 is 10.6 Å². The topological polar surface area (TPSA) is 70.7 Å². The number of fused-ring (bicyclic) bond motifs is 2. The van der Waals surface area contributed by atoms with Crippen molar-refractivity contribution in [1.29, 1.82) is 0 Å². The SMILES string of the molecule is O=C(NCC1CC1)[C@@H]1C[C@H]2CN(C(=O)NCc3ccccc3)C[C@@H]1O2. The van der Waals surface area contributed by atoms with Gasteiger partial charge >= 0.3 is 6.03 Å². The second kappa shape index (κ2) is 7.04. The van der Waals surface area contributed by atoms with E-state index in [1.54, 1.807) is 4.90 Å². The van der Waals surface area contributed by atoms with E-state index in [2.05, 4.69) is 10.6 Å². The molecule has 25 heavy (non-hydrogen) atoms. The normalized spacial score (nSPS) is 27.8. The summed E-state index contributed by atoms with van der Waals surface area (Å²) in [5.41, 5.74) is 1.07. The molecule has 134 valence electrons. The number of hydrogen-bond donors (Lipinski definition) is 2. The van der Waals surface area contributed by atoms with Crippen LogP contribution in [0.2, 0.25) is 0 Å². The van der Waals surface area contributed by atoms with Gasteiger partial charge in [-0.05, 0) is 30.7 Å².